The summed E-state index contributed by atoms with van der Waals surface area (Å²) in [6, 6.07) is 0. The molecular formula is C9H14O3. The average molecular weight is 170 g/mol. The molecule has 3 heteroatoms. The highest BCUT2D eigenvalue weighted by molar-refractivity contribution is 5.87. The Hall–Kier alpha value is -0.570. The number of rotatable bonds is 2. The predicted molar refractivity (Wildman–Crippen MR) is 42.4 cm³/mol. The number of aliphatic hydroxyl groups excluding tert-OH is 1. The maximum Gasteiger partial charge on any atom is 0.348 e. The van der Waals surface area contributed by atoms with Gasteiger partial charge in [0.1, 0.15) is 0 Å². The number of cyclic esters (lactones) is 1. The van der Waals surface area contributed by atoms with E-state index < -0.39 is 0 Å². The van der Waals surface area contributed by atoms with E-state index in [9.17, 15) is 4.79 Å². The van der Waals surface area contributed by atoms with Gasteiger partial charge in [0.2, 0.25) is 6.10 Å². The van der Waals surface area contributed by atoms with Gasteiger partial charge < -0.3 is 9.84 Å². The van der Waals surface area contributed by atoms with E-state index in [1.54, 1.807) is 0 Å². The van der Waals surface area contributed by atoms with Gasteiger partial charge in [0.15, 0.2) is 0 Å². The Morgan fingerprint density at radius 1 is 1.42 bits per heavy atom. The van der Waals surface area contributed by atoms with E-state index in [2.05, 4.69) is 0 Å². The first-order valence-electron chi connectivity index (χ1n) is 4.64. The van der Waals surface area contributed by atoms with Crippen molar-refractivity contribution in [2.75, 3.05) is 6.61 Å². The third-order valence-corrected chi connectivity index (χ3v) is 3.01. The highest BCUT2D eigenvalue weighted by Crippen LogP contribution is 2.38. The Morgan fingerprint density at radius 3 is 2.67 bits per heavy atom. The molecule has 0 bridgehead atoms. The second-order valence-corrected chi connectivity index (χ2v) is 3.75. The van der Waals surface area contributed by atoms with Gasteiger partial charge >= 0.3 is 5.97 Å². The third-order valence-electron chi connectivity index (χ3n) is 3.01. The van der Waals surface area contributed by atoms with Crippen molar-refractivity contribution in [3.63, 3.8) is 0 Å². The molecule has 3 nitrogen and oxygen atoms in total. The maximum atomic E-state index is 10.7. The van der Waals surface area contributed by atoms with Gasteiger partial charge in [0.25, 0.3) is 0 Å². The van der Waals surface area contributed by atoms with Crippen molar-refractivity contribution in [2.24, 2.45) is 11.8 Å². The van der Waals surface area contributed by atoms with Gasteiger partial charge in [-0.15, -0.1) is 0 Å². The first-order valence-corrected chi connectivity index (χ1v) is 4.64. The molecule has 2 fully saturated rings. The fourth-order valence-corrected chi connectivity index (χ4v) is 2.21. The highest BCUT2D eigenvalue weighted by atomic mass is 16.6. The van der Waals surface area contributed by atoms with Crippen LogP contribution in [0.15, 0.2) is 0 Å². The Labute approximate surface area is 71.7 Å². The lowest BCUT2D eigenvalue weighted by atomic mass is 9.78. The number of ether oxygens (including phenoxy) is 1. The summed E-state index contributed by atoms with van der Waals surface area (Å²) in [6.07, 6.45) is 4.29. The zero-order valence-electron chi connectivity index (χ0n) is 7.03. The van der Waals surface area contributed by atoms with Crippen LogP contribution in [0, 0.1) is 11.8 Å². The first-order chi connectivity index (χ1) is 5.83. The molecule has 68 valence electrons. The van der Waals surface area contributed by atoms with Crippen molar-refractivity contribution in [3.8, 4) is 0 Å². The Balaban J connectivity index is 1.96. The molecule has 1 aliphatic carbocycles. The average Bonchev–Trinajstić information content (AvgIpc) is 2.83. The SMILES string of the molecule is O=C1OC1C1CCCCC1CO. The van der Waals surface area contributed by atoms with Crippen LogP contribution in [0.2, 0.25) is 0 Å². The molecule has 1 heterocycles. The molecule has 3 atom stereocenters. The first kappa shape index (κ1) is 8.05. The summed E-state index contributed by atoms with van der Waals surface area (Å²) < 4.78 is 4.84. The van der Waals surface area contributed by atoms with Crippen molar-refractivity contribution in [1.82, 2.24) is 0 Å². The van der Waals surface area contributed by atoms with Crippen molar-refractivity contribution in [3.05, 3.63) is 0 Å². The van der Waals surface area contributed by atoms with Crippen LogP contribution < -0.4 is 0 Å². The highest BCUT2D eigenvalue weighted by Gasteiger charge is 2.48. The van der Waals surface area contributed by atoms with Crippen molar-refractivity contribution in [2.45, 2.75) is 31.8 Å². The molecule has 0 aromatic carbocycles. The van der Waals surface area contributed by atoms with Crippen LogP contribution in [0.5, 0.6) is 0 Å². The molecule has 3 unspecified atom stereocenters. The smallest absolute Gasteiger partial charge is 0.348 e. The molecule has 1 N–H and O–H groups in total. The number of carbonyl (C=O) groups excluding carboxylic acids is 1. The molecule has 0 aromatic heterocycles. The van der Waals surface area contributed by atoms with Gasteiger partial charge in [-0.2, -0.15) is 0 Å². The van der Waals surface area contributed by atoms with E-state index in [0.717, 1.165) is 12.8 Å². The number of hydrogen-bond acceptors (Lipinski definition) is 3. The molecule has 1 aliphatic heterocycles. The van der Waals surface area contributed by atoms with Crippen LogP contribution in [0.1, 0.15) is 25.7 Å². The fraction of sp³-hybridized carbons (Fsp3) is 0.889. The lowest BCUT2D eigenvalue weighted by Gasteiger charge is -2.27. The second kappa shape index (κ2) is 3.05. The van der Waals surface area contributed by atoms with Crippen molar-refractivity contribution >= 4 is 5.97 Å². The molecule has 0 radical (unpaired) electrons. The second-order valence-electron chi connectivity index (χ2n) is 3.75. The Kier molecular flexibility index (Phi) is 2.05. The van der Waals surface area contributed by atoms with Crippen LogP contribution >= 0.6 is 0 Å². The topological polar surface area (TPSA) is 49.8 Å². The van der Waals surface area contributed by atoms with E-state index in [4.69, 9.17) is 9.84 Å². The van der Waals surface area contributed by atoms with Crippen molar-refractivity contribution in [1.29, 1.82) is 0 Å². The summed E-state index contributed by atoms with van der Waals surface area (Å²) in [5.74, 6) is 0.534. The zero-order valence-corrected chi connectivity index (χ0v) is 7.03. The van der Waals surface area contributed by atoms with E-state index >= 15 is 0 Å². The summed E-state index contributed by atoms with van der Waals surface area (Å²) >= 11 is 0. The maximum absolute atomic E-state index is 10.7. The van der Waals surface area contributed by atoms with Crippen LogP contribution in [0.3, 0.4) is 0 Å². The molecule has 2 aliphatic rings. The zero-order chi connectivity index (χ0) is 8.55. The third kappa shape index (κ3) is 1.33. The summed E-state index contributed by atoms with van der Waals surface area (Å²) in [7, 11) is 0. The molecule has 12 heavy (non-hydrogen) atoms. The van der Waals surface area contributed by atoms with E-state index in [-0.39, 0.29) is 18.7 Å². The monoisotopic (exact) mass is 170 g/mol. The fourth-order valence-electron chi connectivity index (χ4n) is 2.21. The number of epoxide rings is 1. The van der Waals surface area contributed by atoms with Gasteiger partial charge in [0, 0.05) is 12.5 Å². The van der Waals surface area contributed by atoms with Crippen LogP contribution in [0.4, 0.5) is 0 Å². The molecular weight excluding hydrogens is 156 g/mol. The minimum absolute atomic E-state index is 0.0691. The standard InChI is InChI=1S/C9H14O3/c10-5-6-3-1-2-4-7(6)8-9(11)12-8/h6-8,10H,1-5H2. The summed E-state index contributed by atoms with van der Waals surface area (Å²) in [4.78, 5) is 10.7. The molecule has 0 aromatic rings. The lowest BCUT2D eigenvalue weighted by Crippen LogP contribution is -2.27. The Bertz CT molecular complexity index is 190. The van der Waals surface area contributed by atoms with E-state index in [1.165, 1.54) is 12.8 Å². The van der Waals surface area contributed by atoms with E-state index in [0.29, 0.717) is 11.8 Å². The van der Waals surface area contributed by atoms with Gasteiger partial charge in [-0.3, -0.25) is 0 Å². The van der Waals surface area contributed by atoms with E-state index in [1.807, 2.05) is 0 Å². The van der Waals surface area contributed by atoms with Gasteiger partial charge in [-0.05, 0) is 18.8 Å². The summed E-state index contributed by atoms with van der Waals surface area (Å²) in [5, 5.41) is 9.06. The Morgan fingerprint density at radius 2 is 2.08 bits per heavy atom. The number of aliphatic hydroxyl groups is 1. The predicted octanol–water partition coefficient (Wildman–Crippen LogP) is 0.710. The normalized spacial score (nSPS) is 40.8. The quantitative estimate of drug-likeness (QED) is 0.621. The van der Waals surface area contributed by atoms with Crippen LogP contribution in [-0.4, -0.2) is 23.8 Å². The molecule has 0 amide bonds. The molecule has 1 saturated heterocycles. The minimum atomic E-state index is -0.164. The largest absolute Gasteiger partial charge is 0.447 e. The van der Waals surface area contributed by atoms with Crippen LogP contribution in [-0.2, 0) is 9.53 Å². The van der Waals surface area contributed by atoms with Gasteiger partial charge in [-0.25, -0.2) is 4.79 Å². The molecule has 2 rings (SSSR count). The van der Waals surface area contributed by atoms with Crippen molar-refractivity contribution < 1.29 is 14.6 Å². The molecule has 1 saturated carbocycles. The number of hydrogen-bond donors (Lipinski definition) is 1. The lowest BCUT2D eigenvalue weighted by molar-refractivity contribution is -0.117. The summed E-state index contributed by atoms with van der Waals surface area (Å²) in [6.45, 7) is 0.206. The minimum Gasteiger partial charge on any atom is -0.447 e. The summed E-state index contributed by atoms with van der Waals surface area (Å²) in [5.41, 5.74) is 0. The van der Waals surface area contributed by atoms with Gasteiger partial charge in [-0.1, -0.05) is 12.8 Å². The van der Waals surface area contributed by atoms with Crippen LogP contribution in [0.25, 0.3) is 0 Å². The molecule has 0 spiro atoms. The number of carbonyl (C=O) groups is 1. The van der Waals surface area contributed by atoms with Gasteiger partial charge in [0.05, 0.1) is 0 Å².